The fourth-order valence-electron chi connectivity index (χ4n) is 2.28. The van der Waals surface area contributed by atoms with Gasteiger partial charge in [0.2, 0.25) is 0 Å². The molecule has 0 radical (unpaired) electrons. The van der Waals surface area contributed by atoms with Crippen LogP contribution in [0.4, 0.5) is 0 Å². The smallest absolute Gasteiger partial charge is 0.0300 e. The van der Waals surface area contributed by atoms with Crippen molar-refractivity contribution < 1.29 is 0 Å². The second-order valence-corrected chi connectivity index (χ2v) is 5.06. The Bertz CT molecular complexity index is 523. The summed E-state index contributed by atoms with van der Waals surface area (Å²) >= 11 is 0. The minimum Gasteiger partial charge on any atom is -0.271 e. The summed E-state index contributed by atoms with van der Waals surface area (Å²) in [5, 5.41) is 0. The van der Waals surface area contributed by atoms with Crippen LogP contribution < -0.4 is 11.3 Å². The molecule has 3 heteroatoms. The Hall–Kier alpha value is -1.71. The van der Waals surface area contributed by atoms with Gasteiger partial charge in [-0.2, -0.15) is 0 Å². The summed E-state index contributed by atoms with van der Waals surface area (Å²) in [6.07, 6.45) is 5.50. The number of nitrogens with two attached hydrogens (primary N) is 1. The zero-order valence-electron chi connectivity index (χ0n) is 11.6. The summed E-state index contributed by atoms with van der Waals surface area (Å²) in [4.78, 5) is 4.14. The quantitative estimate of drug-likeness (QED) is 0.637. The molecule has 0 saturated carbocycles. The van der Waals surface area contributed by atoms with Crippen LogP contribution in [-0.2, 0) is 12.8 Å². The van der Waals surface area contributed by atoms with Crippen LogP contribution in [0.25, 0.3) is 0 Å². The number of aryl methyl sites for hydroxylation is 2. The number of rotatable bonds is 5. The lowest BCUT2D eigenvalue weighted by Gasteiger charge is -2.17. The fourth-order valence-corrected chi connectivity index (χ4v) is 2.28. The van der Waals surface area contributed by atoms with Crippen LogP contribution in [0, 0.1) is 13.8 Å². The number of nitrogens with zero attached hydrogens (tertiary/aromatic N) is 1. The third-order valence-electron chi connectivity index (χ3n) is 3.41. The Morgan fingerprint density at radius 3 is 2.74 bits per heavy atom. The normalized spacial score (nSPS) is 12.4. The largest absolute Gasteiger partial charge is 0.271 e. The molecule has 3 N–H and O–H groups in total. The lowest BCUT2D eigenvalue weighted by Crippen LogP contribution is -2.38. The molecule has 0 aliphatic rings. The molecule has 2 aromatic rings. The van der Waals surface area contributed by atoms with Crippen molar-refractivity contribution in [3.05, 3.63) is 65.0 Å². The van der Waals surface area contributed by atoms with Gasteiger partial charge < -0.3 is 0 Å². The summed E-state index contributed by atoms with van der Waals surface area (Å²) < 4.78 is 0. The maximum atomic E-state index is 5.69. The van der Waals surface area contributed by atoms with Crippen LogP contribution in [0.5, 0.6) is 0 Å². The predicted octanol–water partition coefficient (Wildman–Crippen LogP) is 2.32. The zero-order valence-corrected chi connectivity index (χ0v) is 11.6. The Morgan fingerprint density at radius 1 is 1.21 bits per heavy atom. The Morgan fingerprint density at radius 2 is 2.05 bits per heavy atom. The van der Waals surface area contributed by atoms with E-state index in [0.29, 0.717) is 0 Å². The van der Waals surface area contributed by atoms with Gasteiger partial charge >= 0.3 is 0 Å². The average molecular weight is 255 g/mol. The average Bonchev–Trinajstić information content (AvgIpc) is 2.43. The minimum absolute atomic E-state index is 0.227. The fraction of sp³-hybridized carbons (Fsp3) is 0.312. The van der Waals surface area contributed by atoms with E-state index in [0.717, 1.165) is 12.8 Å². The second-order valence-electron chi connectivity index (χ2n) is 5.06. The Balaban J connectivity index is 2.09. The SMILES string of the molecule is Cc1ccc(C)c(CC(Cc2cccnc2)NN)c1. The molecule has 1 heterocycles. The minimum atomic E-state index is 0.227. The molecule has 2 rings (SSSR count). The Kier molecular flexibility index (Phi) is 4.66. The van der Waals surface area contributed by atoms with Crippen molar-refractivity contribution in [3.8, 4) is 0 Å². The summed E-state index contributed by atoms with van der Waals surface area (Å²) in [6.45, 7) is 4.27. The van der Waals surface area contributed by atoms with E-state index in [9.17, 15) is 0 Å². The second kappa shape index (κ2) is 6.45. The van der Waals surface area contributed by atoms with Gasteiger partial charge in [-0.05, 0) is 49.4 Å². The molecule has 0 spiro atoms. The topological polar surface area (TPSA) is 50.9 Å². The van der Waals surface area contributed by atoms with E-state index in [4.69, 9.17) is 5.84 Å². The van der Waals surface area contributed by atoms with E-state index in [2.05, 4.69) is 48.5 Å². The first-order valence-electron chi connectivity index (χ1n) is 6.60. The van der Waals surface area contributed by atoms with E-state index in [-0.39, 0.29) is 6.04 Å². The maximum Gasteiger partial charge on any atom is 0.0300 e. The number of hydrogen-bond donors (Lipinski definition) is 2. The number of benzene rings is 1. The van der Waals surface area contributed by atoms with Crippen LogP contribution in [0.3, 0.4) is 0 Å². The molecule has 0 saturated heterocycles. The zero-order chi connectivity index (χ0) is 13.7. The number of nitrogens with one attached hydrogen (secondary N) is 1. The maximum absolute atomic E-state index is 5.69. The molecule has 1 aromatic carbocycles. The molecule has 100 valence electrons. The molecule has 1 unspecified atom stereocenters. The van der Waals surface area contributed by atoms with Gasteiger partial charge in [-0.15, -0.1) is 0 Å². The third kappa shape index (κ3) is 3.88. The monoisotopic (exact) mass is 255 g/mol. The number of pyridine rings is 1. The highest BCUT2D eigenvalue weighted by Crippen LogP contribution is 2.14. The van der Waals surface area contributed by atoms with Crippen molar-refractivity contribution in [2.75, 3.05) is 0 Å². The van der Waals surface area contributed by atoms with Crippen molar-refractivity contribution >= 4 is 0 Å². The third-order valence-corrected chi connectivity index (χ3v) is 3.41. The van der Waals surface area contributed by atoms with Crippen LogP contribution in [0.2, 0.25) is 0 Å². The number of hydrazine groups is 1. The van der Waals surface area contributed by atoms with Crippen molar-refractivity contribution in [2.45, 2.75) is 32.7 Å². The molecular formula is C16H21N3. The van der Waals surface area contributed by atoms with Gasteiger partial charge in [-0.1, -0.05) is 29.8 Å². The molecule has 0 aliphatic heterocycles. The predicted molar refractivity (Wildman–Crippen MR) is 78.7 cm³/mol. The molecule has 0 amide bonds. The summed E-state index contributed by atoms with van der Waals surface area (Å²) in [6, 6.07) is 10.8. The van der Waals surface area contributed by atoms with Gasteiger partial charge in [0.25, 0.3) is 0 Å². The van der Waals surface area contributed by atoms with Crippen LogP contribution in [0.1, 0.15) is 22.3 Å². The van der Waals surface area contributed by atoms with Crippen molar-refractivity contribution in [3.63, 3.8) is 0 Å². The van der Waals surface area contributed by atoms with Crippen molar-refractivity contribution in [1.82, 2.24) is 10.4 Å². The van der Waals surface area contributed by atoms with Crippen LogP contribution >= 0.6 is 0 Å². The molecule has 1 aromatic heterocycles. The van der Waals surface area contributed by atoms with Gasteiger partial charge in [0.05, 0.1) is 0 Å². The lowest BCUT2D eigenvalue weighted by atomic mass is 9.96. The standard InChI is InChI=1S/C16H21N3/c1-12-5-6-13(2)15(8-12)10-16(19-17)9-14-4-3-7-18-11-14/h3-8,11,16,19H,9-10,17H2,1-2H3. The molecule has 19 heavy (non-hydrogen) atoms. The highest BCUT2D eigenvalue weighted by molar-refractivity contribution is 5.31. The first-order valence-corrected chi connectivity index (χ1v) is 6.60. The first-order chi connectivity index (χ1) is 9.19. The molecule has 0 fully saturated rings. The summed E-state index contributed by atoms with van der Waals surface area (Å²) in [5.74, 6) is 5.69. The van der Waals surface area contributed by atoms with Crippen molar-refractivity contribution in [1.29, 1.82) is 0 Å². The summed E-state index contributed by atoms with van der Waals surface area (Å²) in [5.41, 5.74) is 8.08. The number of aromatic nitrogens is 1. The van der Waals surface area contributed by atoms with Gasteiger partial charge in [0.15, 0.2) is 0 Å². The highest BCUT2D eigenvalue weighted by atomic mass is 15.2. The van der Waals surface area contributed by atoms with Gasteiger partial charge in [-0.25, -0.2) is 0 Å². The van der Waals surface area contributed by atoms with E-state index < -0.39 is 0 Å². The van der Waals surface area contributed by atoms with E-state index in [1.54, 1.807) is 6.20 Å². The van der Waals surface area contributed by atoms with E-state index in [1.807, 2.05) is 12.3 Å². The first kappa shape index (κ1) is 13.7. The van der Waals surface area contributed by atoms with E-state index in [1.165, 1.54) is 22.3 Å². The van der Waals surface area contributed by atoms with Gasteiger partial charge in [-0.3, -0.25) is 16.3 Å². The molecule has 1 atom stereocenters. The summed E-state index contributed by atoms with van der Waals surface area (Å²) in [7, 11) is 0. The van der Waals surface area contributed by atoms with Crippen molar-refractivity contribution in [2.24, 2.45) is 5.84 Å². The van der Waals surface area contributed by atoms with Crippen LogP contribution in [-0.4, -0.2) is 11.0 Å². The molecular weight excluding hydrogens is 234 g/mol. The number of hydrogen-bond acceptors (Lipinski definition) is 3. The highest BCUT2D eigenvalue weighted by Gasteiger charge is 2.10. The molecule has 3 nitrogen and oxygen atoms in total. The van der Waals surface area contributed by atoms with Gasteiger partial charge in [0.1, 0.15) is 0 Å². The lowest BCUT2D eigenvalue weighted by molar-refractivity contribution is 0.521. The van der Waals surface area contributed by atoms with Gasteiger partial charge in [0, 0.05) is 18.4 Å². The molecule has 0 aliphatic carbocycles. The van der Waals surface area contributed by atoms with Crippen LogP contribution in [0.15, 0.2) is 42.7 Å². The molecule has 0 bridgehead atoms. The Labute approximate surface area is 114 Å². The van der Waals surface area contributed by atoms with E-state index >= 15 is 0 Å².